The van der Waals surface area contributed by atoms with Gasteiger partial charge < -0.3 is 14.8 Å². The molecule has 0 heterocycles. The molecule has 0 saturated heterocycles. The fraction of sp³-hybridized carbons (Fsp3) is 0.417. The van der Waals surface area contributed by atoms with Gasteiger partial charge in [-0.05, 0) is 55.9 Å². The van der Waals surface area contributed by atoms with Gasteiger partial charge in [-0.15, -0.1) is 0 Å². The predicted octanol–water partition coefficient (Wildman–Crippen LogP) is 5.04. The number of esters is 1. The van der Waals surface area contributed by atoms with Gasteiger partial charge in [0.1, 0.15) is 12.2 Å². The van der Waals surface area contributed by atoms with Crippen molar-refractivity contribution in [3.63, 3.8) is 0 Å². The van der Waals surface area contributed by atoms with Crippen LogP contribution in [0.15, 0.2) is 48.5 Å². The van der Waals surface area contributed by atoms with Gasteiger partial charge in [-0.25, -0.2) is 4.79 Å². The zero-order chi connectivity index (χ0) is 20.9. The summed E-state index contributed by atoms with van der Waals surface area (Å²) in [7, 11) is 0. The second kappa shape index (κ2) is 9.12. The summed E-state index contributed by atoms with van der Waals surface area (Å²) < 4.78 is 10.8. The second-order valence-corrected chi connectivity index (χ2v) is 8.30. The Hall–Kier alpha value is -2.82. The van der Waals surface area contributed by atoms with Crippen LogP contribution in [0.5, 0.6) is 0 Å². The molecule has 0 bridgehead atoms. The number of nitrogens with one attached hydrogen (secondary N) is 1. The van der Waals surface area contributed by atoms with Gasteiger partial charge in [0.15, 0.2) is 0 Å². The van der Waals surface area contributed by atoms with E-state index in [-0.39, 0.29) is 11.9 Å². The molecule has 5 heteroatoms. The smallest absolute Gasteiger partial charge is 0.407 e. The van der Waals surface area contributed by atoms with E-state index < -0.39 is 11.7 Å². The minimum absolute atomic E-state index is 0.0559. The zero-order valence-corrected chi connectivity index (χ0v) is 17.4. The molecule has 5 nitrogen and oxygen atoms in total. The third kappa shape index (κ3) is 5.59. The average Bonchev–Trinajstić information content (AvgIpc) is 2.99. The van der Waals surface area contributed by atoms with Gasteiger partial charge in [0, 0.05) is 18.9 Å². The van der Waals surface area contributed by atoms with Crippen molar-refractivity contribution in [2.75, 3.05) is 13.2 Å². The van der Waals surface area contributed by atoms with Gasteiger partial charge in [-0.1, -0.05) is 48.5 Å². The number of unbranched alkanes of at least 4 members (excludes halogenated alkanes) is 1. The molecule has 0 unspecified atom stereocenters. The Labute approximate surface area is 172 Å². The molecule has 0 fully saturated rings. The van der Waals surface area contributed by atoms with Crippen molar-refractivity contribution in [1.29, 1.82) is 0 Å². The van der Waals surface area contributed by atoms with Crippen molar-refractivity contribution in [1.82, 2.24) is 5.32 Å². The number of carbonyl (C=O) groups is 2. The Morgan fingerprint density at radius 3 is 2.10 bits per heavy atom. The van der Waals surface area contributed by atoms with Gasteiger partial charge >= 0.3 is 12.1 Å². The van der Waals surface area contributed by atoms with E-state index in [1.807, 2.05) is 45.0 Å². The van der Waals surface area contributed by atoms with E-state index in [1.54, 1.807) is 0 Å². The van der Waals surface area contributed by atoms with Crippen LogP contribution >= 0.6 is 0 Å². The number of amides is 1. The summed E-state index contributed by atoms with van der Waals surface area (Å²) >= 11 is 0. The molecule has 1 amide bonds. The summed E-state index contributed by atoms with van der Waals surface area (Å²) in [5, 5.41) is 2.76. The third-order valence-corrected chi connectivity index (χ3v) is 4.84. The number of hydrogen-bond donors (Lipinski definition) is 1. The molecule has 2 aromatic carbocycles. The van der Waals surface area contributed by atoms with Gasteiger partial charge in [0.2, 0.25) is 0 Å². The Morgan fingerprint density at radius 1 is 0.931 bits per heavy atom. The Kier molecular flexibility index (Phi) is 6.57. The summed E-state index contributed by atoms with van der Waals surface area (Å²) in [5.41, 5.74) is 4.34. The summed E-state index contributed by atoms with van der Waals surface area (Å²) in [6.45, 7) is 6.33. The van der Waals surface area contributed by atoms with Crippen molar-refractivity contribution in [2.24, 2.45) is 0 Å². The van der Waals surface area contributed by atoms with Crippen LogP contribution in [0.2, 0.25) is 0 Å². The highest BCUT2D eigenvalue weighted by molar-refractivity contribution is 5.79. The first-order valence-corrected chi connectivity index (χ1v) is 10.2. The van der Waals surface area contributed by atoms with E-state index in [9.17, 15) is 9.59 Å². The molecule has 1 aliphatic carbocycles. The average molecular weight is 395 g/mol. The Morgan fingerprint density at radius 2 is 1.52 bits per heavy atom. The van der Waals surface area contributed by atoms with Gasteiger partial charge in [0.25, 0.3) is 0 Å². The van der Waals surface area contributed by atoms with Crippen LogP contribution in [0.1, 0.15) is 57.1 Å². The maximum Gasteiger partial charge on any atom is 0.407 e. The fourth-order valence-corrected chi connectivity index (χ4v) is 3.63. The van der Waals surface area contributed by atoms with Crippen LogP contribution in [-0.2, 0) is 14.3 Å². The zero-order valence-electron chi connectivity index (χ0n) is 17.4. The molecule has 0 aromatic heterocycles. The van der Waals surface area contributed by atoms with E-state index in [0.717, 1.165) is 0 Å². The van der Waals surface area contributed by atoms with Crippen LogP contribution in [0.4, 0.5) is 4.79 Å². The highest BCUT2D eigenvalue weighted by atomic mass is 16.6. The standard InChI is InChI=1S/C24H29NO4/c1-24(2,3)29-22(26)14-8-9-15-25-23(27)28-16-21-19-12-6-4-10-17(19)18-11-5-7-13-20(18)21/h4-7,10-13,21H,8-9,14-16H2,1-3H3,(H,25,27). The first kappa shape index (κ1) is 20.9. The fourth-order valence-electron chi connectivity index (χ4n) is 3.63. The summed E-state index contributed by atoms with van der Waals surface area (Å²) in [4.78, 5) is 23.8. The maximum absolute atomic E-state index is 12.1. The monoisotopic (exact) mass is 395 g/mol. The van der Waals surface area contributed by atoms with Crippen LogP contribution in [0, 0.1) is 0 Å². The molecule has 2 aromatic rings. The molecule has 1 N–H and O–H groups in total. The summed E-state index contributed by atoms with van der Waals surface area (Å²) in [6, 6.07) is 16.5. The van der Waals surface area contributed by atoms with Crippen molar-refractivity contribution in [2.45, 2.75) is 51.6 Å². The minimum Gasteiger partial charge on any atom is -0.460 e. The number of benzene rings is 2. The van der Waals surface area contributed by atoms with E-state index >= 15 is 0 Å². The van der Waals surface area contributed by atoms with Crippen LogP contribution in [-0.4, -0.2) is 30.8 Å². The lowest BCUT2D eigenvalue weighted by molar-refractivity contribution is -0.154. The first-order valence-electron chi connectivity index (χ1n) is 10.2. The van der Waals surface area contributed by atoms with E-state index in [0.29, 0.717) is 32.4 Å². The van der Waals surface area contributed by atoms with Gasteiger partial charge in [-0.3, -0.25) is 4.79 Å². The lowest BCUT2D eigenvalue weighted by Crippen LogP contribution is -2.27. The van der Waals surface area contributed by atoms with E-state index in [2.05, 4.69) is 29.6 Å². The topological polar surface area (TPSA) is 64.6 Å². The molecule has 0 aliphatic heterocycles. The number of carbonyl (C=O) groups excluding carboxylic acids is 2. The molecule has 0 spiro atoms. The van der Waals surface area contributed by atoms with Crippen molar-refractivity contribution in [3.05, 3.63) is 59.7 Å². The van der Waals surface area contributed by atoms with Crippen molar-refractivity contribution < 1.29 is 19.1 Å². The Bertz CT molecular complexity index is 824. The number of rotatable bonds is 7. The first-order chi connectivity index (χ1) is 13.8. The summed E-state index contributed by atoms with van der Waals surface area (Å²) in [5.74, 6) is -0.154. The third-order valence-electron chi connectivity index (χ3n) is 4.84. The molecule has 1 aliphatic rings. The van der Waals surface area contributed by atoms with Crippen molar-refractivity contribution in [3.8, 4) is 11.1 Å². The summed E-state index contributed by atoms with van der Waals surface area (Å²) in [6.07, 6.45) is 1.29. The number of fused-ring (bicyclic) bond motifs is 3. The highest BCUT2D eigenvalue weighted by Gasteiger charge is 2.28. The second-order valence-electron chi connectivity index (χ2n) is 8.30. The predicted molar refractivity (Wildman–Crippen MR) is 113 cm³/mol. The van der Waals surface area contributed by atoms with Crippen LogP contribution < -0.4 is 5.32 Å². The molecule has 0 saturated carbocycles. The molecular weight excluding hydrogens is 366 g/mol. The maximum atomic E-state index is 12.1. The largest absolute Gasteiger partial charge is 0.460 e. The number of hydrogen-bond acceptors (Lipinski definition) is 4. The number of alkyl carbamates (subject to hydrolysis) is 1. The molecule has 0 atom stereocenters. The quantitative estimate of drug-likeness (QED) is 0.527. The van der Waals surface area contributed by atoms with Crippen molar-refractivity contribution >= 4 is 12.1 Å². The van der Waals surface area contributed by atoms with Crippen LogP contribution in [0.3, 0.4) is 0 Å². The molecule has 0 radical (unpaired) electrons. The lowest BCUT2D eigenvalue weighted by Gasteiger charge is -2.19. The van der Waals surface area contributed by atoms with Gasteiger partial charge in [-0.2, -0.15) is 0 Å². The SMILES string of the molecule is CC(C)(C)OC(=O)CCCCNC(=O)OCC1c2ccccc2-c2ccccc21. The van der Waals surface area contributed by atoms with E-state index in [1.165, 1.54) is 22.3 Å². The molecular formula is C24H29NO4. The van der Waals surface area contributed by atoms with E-state index in [4.69, 9.17) is 9.47 Å². The molecule has 3 rings (SSSR count). The normalized spacial score (nSPS) is 12.8. The minimum atomic E-state index is -0.462. The molecule has 29 heavy (non-hydrogen) atoms. The Balaban J connectivity index is 1.42. The highest BCUT2D eigenvalue weighted by Crippen LogP contribution is 2.44. The van der Waals surface area contributed by atoms with Crippen LogP contribution in [0.25, 0.3) is 11.1 Å². The molecule has 154 valence electrons. The van der Waals surface area contributed by atoms with Gasteiger partial charge in [0.05, 0.1) is 0 Å². The lowest BCUT2D eigenvalue weighted by atomic mass is 9.98. The number of ether oxygens (including phenoxy) is 2.